The third-order valence-corrected chi connectivity index (χ3v) is 3.31. The van der Waals surface area contributed by atoms with Crippen molar-refractivity contribution < 1.29 is 14.6 Å². The molecule has 5 heteroatoms. The molecule has 1 amide bonds. The van der Waals surface area contributed by atoms with Crippen LogP contribution in [0.4, 0.5) is 4.79 Å². The van der Waals surface area contributed by atoms with Crippen molar-refractivity contribution >= 4 is 6.09 Å². The van der Waals surface area contributed by atoms with Crippen molar-refractivity contribution in [1.29, 1.82) is 0 Å². The second kappa shape index (κ2) is 4.61. The van der Waals surface area contributed by atoms with E-state index in [0.29, 0.717) is 6.54 Å². The Hall–Kier alpha value is -1.78. The highest BCUT2D eigenvalue weighted by atomic mass is 16.5. The Morgan fingerprint density at radius 2 is 2.35 bits per heavy atom. The smallest absolute Gasteiger partial charge is 0.404 e. The van der Waals surface area contributed by atoms with Gasteiger partial charge < -0.3 is 15.2 Å². The van der Waals surface area contributed by atoms with E-state index in [1.165, 1.54) is 0 Å². The van der Waals surface area contributed by atoms with E-state index in [4.69, 9.17) is 9.84 Å². The van der Waals surface area contributed by atoms with Crippen molar-refractivity contribution in [3.05, 3.63) is 24.0 Å². The van der Waals surface area contributed by atoms with E-state index < -0.39 is 6.09 Å². The lowest BCUT2D eigenvalue weighted by atomic mass is 9.84. The molecule has 0 saturated carbocycles. The van der Waals surface area contributed by atoms with Crippen LogP contribution in [0.2, 0.25) is 0 Å². The maximum atomic E-state index is 10.6. The van der Waals surface area contributed by atoms with Gasteiger partial charge >= 0.3 is 6.09 Å². The summed E-state index contributed by atoms with van der Waals surface area (Å²) in [5, 5.41) is 11.1. The van der Waals surface area contributed by atoms with Gasteiger partial charge in [0.25, 0.3) is 0 Å². The molecule has 0 aliphatic carbocycles. The molecule has 1 aromatic heterocycles. The van der Waals surface area contributed by atoms with Crippen LogP contribution in [0.15, 0.2) is 18.3 Å². The van der Waals surface area contributed by atoms with E-state index in [1.54, 1.807) is 6.20 Å². The van der Waals surface area contributed by atoms with Gasteiger partial charge in [0.1, 0.15) is 5.75 Å². The van der Waals surface area contributed by atoms with Gasteiger partial charge in [-0.15, -0.1) is 0 Å². The topological polar surface area (TPSA) is 71.5 Å². The maximum absolute atomic E-state index is 10.6. The highest BCUT2D eigenvalue weighted by molar-refractivity contribution is 5.64. The van der Waals surface area contributed by atoms with Crippen LogP contribution in [0.1, 0.15) is 25.5 Å². The Kier molecular flexibility index (Phi) is 3.17. The van der Waals surface area contributed by atoms with E-state index in [0.717, 1.165) is 11.4 Å². The molecule has 3 atom stereocenters. The van der Waals surface area contributed by atoms with Crippen LogP contribution in [0, 0.1) is 5.92 Å². The van der Waals surface area contributed by atoms with Crippen molar-refractivity contribution in [2.75, 3.05) is 6.54 Å². The van der Waals surface area contributed by atoms with Gasteiger partial charge in [0.05, 0.1) is 11.8 Å². The minimum Gasteiger partial charge on any atom is -0.488 e. The van der Waals surface area contributed by atoms with Gasteiger partial charge in [0, 0.05) is 24.6 Å². The number of carbonyl (C=O) groups is 1. The zero-order valence-electron chi connectivity index (χ0n) is 9.88. The first kappa shape index (κ1) is 11.7. The minimum absolute atomic E-state index is 0.0612. The van der Waals surface area contributed by atoms with Crippen molar-refractivity contribution in [2.45, 2.75) is 25.9 Å². The first-order valence-electron chi connectivity index (χ1n) is 5.68. The Labute approximate surface area is 99.8 Å². The summed E-state index contributed by atoms with van der Waals surface area (Å²) in [7, 11) is 0. The summed E-state index contributed by atoms with van der Waals surface area (Å²) in [6.45, 7) is 4.42. The molecule has 0 radical (unpaired) electrons. The summed E-state index contributed by atoms with van der Waals surface area (Å²) in [5.41, 5.74) is 0.840. The zero-order valence-corrected chi connectivity index (χ0v) is 9.88. The van der Waals surface area contributed by atoms with Gasteiger partial charge in [-0.3, -0.25) is 4.98 Å². The summed E-state index contributed by atoms with van der Waals surface area (Å²) >= 11 is 0. The standard InChI is InChI=1S/C12H16N2O3/c1-7-8(2)17-10-4-3-5-13-11(10)9(7)6-14-12(15)16/h3-5,7-9,14H,6H2,1-2H3,(H,15,16)/t7-,8+,9-/m0/s1. The average molecular weight is 236 g/mol. The second-order valence-corrected chi connectivity index (χ2v) is 4.36. The third-order valence-electron chi connectivity index (χ3n) is 3.31. The van der Waals surface area contributed by atoms with Crippen LogP contribution in [-0.2, 0) is 0 Å². The van der Waals surface area contributed by atoms with Crippen LogP contribution in [0.3, 0.4) is 0 Å². The van der Waals surface area contributed by atoms with Crippen LogP contribution in [0.25, 0.3) is 0 Å². The lowest BCUT2D eigenvalue weighted by Gasteiger charge is -2.35. The van der Waals surface area contributed by atoms with Crippen LogP contribution >= 0.6 is 0 Å². The first-order chi connectivity index (χ1) is 8.09. The fourth-order valence-electron chi connectivity index (χ4n) is 2.14. The van der Waals surface area contributed by atoms with Gasteiger partial charge in [0.2, 0.25) is 0 Å². The quantitative estimate of drug-likeness (QED) is 0.822. The third kappa shape index (κ3) is 2.33. The van der Waals surface area contributed by atoms with Crippen LogP contribution in [0.5, 0.6) is 5.75 Å². The SMILES string of the molecule is C[C@@H]1[C@H](CNC(=O)O)c2ncccc2O[C@@H]1C. The number of hydrogen-bond acceptors (Lipinski definition) is 3. The number of carboxylic acid groups (broad SMARTS) is 1. The van der Waals surface area contributed by atoms with E-state index in [-0.39, 0.29) is 17.9 Å². The predicted molar refractivity (Wildman–Crippen MR) is 62.3 cm³/mol. The van der Waals surface area contributed by atoms with Crippen molar-refractivity contribution in [3.8, 4) is 5.75 Å². The molecule has 0 bridgehead atoms. The van der Waals surface area contributed by atoms with Gasteiger partial charge in [-0.1, -0.05) is 6.92 Å². The van der Waals surface area contributed by atoms with Gasteiger partial charge in [-0.05, 0) is 19.1 Å². The molecule has 1 aromatic rings. The molecule has 92 valence electrons. The fraction of sp³-hybridized carbons (Fsp3) is 0.500. The highest BCUT2D eigenvalue weighted by Crippen LogP contribution is 2.37. The first-order valence-corrected chi connectivity index (χ1v) is 5.68. The number of nitrogens with one attached hydrogen (secondary N) is 1. The van der Waals surface area contributed by atoms with Crippen LogP contribution < -0.4 is 10.1 Å². The highest BCUT2D eigenvalue weighted by Gasteiger charge is 2.34. The molecule has 17 heavy (non-hydrogen) atoms. The Morgan fingerprint density at radius 3 is 3.06 bits per heavy atom. The number of aromatic nitrogens is 1. The lowest BCUT2D eigenvalue weighted by Crippen LogP contribution is -2.38. The Bertz CT molecular complexity index is 422. The molecule has 0 saturated heterocycles. The van der Waals surface area contributed by atoms with E-state index in [9.17, 15) is 4.79 Å². The maximum Gasteiger partial charge on any atom is 0.404 e. The van der Waals surface area contributed by atoms with Crippen molar-refractivity contribution in [2.24, 2.45) is 5.92 Å². The largest absolute Gasteiger partial charge is 0.488 e. The second-order valence-electron chi connectivity index (χ2n) is 4.36. The summed E-state index contributed by atoms with van der Waals surface area (Å²) in [4.78, 5) is 14.9. The normalized spacial score (nSPS) is 26.8. The molecular weight excluding hydrogens is 220 g/mol. The summed E-state index contributed by atoms with van der Waals surface area (Å²) in [5.74, 6) is 1.05. The molecule has 2 rings (SSSR count). The average Bonchev–Trinajstić information content (AvgIpc) is 2.29. The lowest BCUT2D eigenvalue weighted by molar-refractivity contribution is 0.113. The number of amides is 1. The summed E-state index contributed by atoms with van der Waals surface area (Å²) in [6, 6.07) is 3.70. The van der Waals surface area contributed by atoms with E-state index in [2.05, 4.69) is 17.2 Å². The number of rotatable bonds is 2. The number of pyridine rings is 1. The van der Waals surface area contributed by atoms with Gasteiger partial charge in [-0.2, -0.15) is 0 Å². The molecule has 0 aromatic carbocycles. The summed E-state index contributed by atoms with van der Waals surface area (Å²) in [6.07, 6.45) is 0.764. The molecule has 2 N–H and O–H groups in total. The predicted octanol–water partition coefficient (Wildman–Crippen LogP) is 1.85. The van der Waals surface area contributed by atoms with E-state index >= 15 is 0 Å². The Morgan fingerprint density at radius 1 is 1.59 bits per heavy atom. The molecule has 5 nitrogen and oxygen atoms in total. The van der Waals surface area contributed by atoms with Crippen molar-refractivity contribution in [1.82, 2.24) is 10.3 Å². The molecule has 2 heterocycles. The molecule has 0 spiro atoms. The molecule has 1 aliphatic rings. The fourth-order valence-corrected chi connectivity index (χ4v) is 2.14. The molecule has 0 unspecified atom stereocenters. The van der Waals surface area contributed by atoms with Gasteiger partial charge in [-0.25, -0.2) is 4.79 Å². The van der Waals surface area contributed by atoms with E-state index in [1.807, 2.05) is 19.1 Å². The van der Waals surface area contributed by atoms with Gasteiger partial charge in [0.15, 0.2) is 0 Å². The number of ether oxygens (including phenoxy) is 1. The number of hydrogen-bond donors (Lipinski definition) is 2. The minimum atomic E-state index is -1.01. The Balaban J connectivity index is 2.25. The molecule has 0 fully saturated rings. The van der Waals surface area contributed by atoms with Crippen LogP contribution in [-0.4, -0.2) is 28.8 Å². The molecule has 1 aliphatic heterocycles. The number of nitrogens with zero attached hydrogens (tertiary/aromatic N) is 1. The zero-order chi connectivity index (χ0) is 12.4. The number of fused-ring (bicyclic) bond motifs is 1. The summed E-state index contributed by atoms with van der Waals surface area (Å²) < 4.78 is 5.74. The monoisotopic (exact) mass is 236 g/mol. The molecular formula is C12H16N2O3. The van der Waals surface area contributed by atoms with Crippen molar-refractivity contribution in [3.63, 3.8) is 0 Å².